The molecule has 2 aromatic carbocycles. The Morgan fingerprint density at radius 3 is 2.71 bits per heavy atom. The summed E-state index contributed by atoms with van der Waals surface area (Å²) in [6.07, 6.45) is 0.179. The molecule has 0 saturated carbocycles. The van der Waals surface area contributed by atoms with Gasteiger partial charge in [-0.15, -0.1) is 0 Å². The van der Waals surface area contributed by atoms with Crippen molar-refractivity contribution in [2.75, 3.05) is 16.8 Å². The standard InChI is InChI=1S/C18H16Cl2N2O2/c1-11-15(20)6-3-7-16(11)22-10-12(8-17(22)23)18(24)21-14-5-2-4-13(19)9-14/h2-7,9,12H,8,10H2,1H3,(H,21,24). The molecule has 1 fully saturated rings. The lowest BCUT2D eigenvalue weighted by Crippen LogP contribution is -2.28. The number of hydrogen-bond donors (Lipinski definition) is 1. The second kappa shape index (κ2) is 6.83. The number of anilines is 2. The van der Waals surface area contributed by atoms with Crippen LogP contribution in [0.4, 0.5) is 11.4 Å². The maximum atomic E-state index is 12.4. The molecule has 0 spiro atoms. The SMILES string of the molecule is Cc1c(Cl)cccc1N1CC(C(=O)Nc2cccc(Cl)c2)CC1=O. The van der Waals surface area contributed by atoms with Crippen LogP contribution in [0.2, 0.25) is 10.0 Å². The first-order chi connectivity index (χ1) is 11.5. The first-order valence-electron chi connectivity index (χ1n) is 7.57. The molecule has 2 aromatic rings. The second-order valence-electron chi connectivity index (χ2n) is 5.79. The third kappa shape index (κ3) is 3.40. The van der Waals surface area contributed by atoms with Crippen LogP contribution in [0.5, 0.6) is 0 Å². The van der Waals surface area contributed by atoms with Crippen molar-refractivity contribution in [1.82, 2.24) is 0 Å². The summed E-state index contributed by atoms with van der Waals surface area (Å²) in [7, 11) is 0. The molecule has 1 heterocycles. The second-order valence-corrected chi connectivity index (χ2v) is 6.63. The van der Waals surface area contributed by atoms with E-state index in [1.807, 2.05) is 13.0 Å². The van der Waals surface area contributed by atoms with Crippen molar-refractivity contribution in [2.45, 2.75) is 13.3 Å². The Morgan fingerprint density at radius 1 is 1.21 bits per heavy atom. The molecule has 4 nitrogen and oxygen atoms in total. The average molecular weight is 363 g/mol. The van der Waals surface area contributed by atoms with E-state index in [4.69, 9.17) is 23.2 Å². The maximum Gasteiger partial charge on any atom is 0.229 e. The highest BCUT2D eigenvalue weighted by molar-refractivity contribution is 6.32. The molecule has 124 valence electrons. The highest BCUT2D eigenvalue weighted by Gasteiger charge is 2.35. The number of halogens is 2. The van der Waals surface area contributed by atoms with E-state index in [0.717, 1.165) is 11.3 Å². The Bertz CT molecular complexity index is 807. The van der Waals surface area contributed by atoms with E-state index in [-0.39, 0.29) is 18.2 Å². The van der Waals surface area contributed by atoms with Crippen LogP contribution in [-0.4, -0.2) is 18.4 Å². The van der Waals surface area contributed by atoms with Crippen LogP contribution in [0.1, 0.15) is 12.0 Å². The molecule has 0 radical (unpaired) electrons. The van der Waals surface area contributed by atoms with E-state index in [1.54, 1.807) is 41.3 Å². The zero-order valence-corrected chi connectivity index (χ0v) is 14.6. The van der Waals surface area contributed by atoms with Gasteiger partial charge in [0.1, 0.15) is 0 Å². The number of rotatable bonds is 3. The minimum absolute atomic E-state index is 0.0772. The molecule has 0 bridgehead atoms. The summed E-state index contributed by atoms with van der Waals surface area (Å²) in [5, 5.41) is 3.97. The molecule has 1 unspecified atom stereocenters. The van der Waals surface area contributed by atoms with Gasteiger partial charge in [-0.2, -0.15) is 0 Å². The summed E-state index contributed by atoms with van der Waals surface area (Å²) in [4.78, 5) is 26.4. The summed E-state index contributed by atoms with van der Waals surface area (Å²) in [5.41, 5.74) is 2.21. The predicted octanol–water partition coefficient (Wildman–Crippen LogP) is 4.29. The van der Waals surface area contributed by atoms with Crippen LogP contribution in [0.25, 0.3) is 0 Å². The van der Waals surface area contributed by atoms with Gasteiger partial charge in [0.05, 0.1) is 5.92 Å². The quantitative estimate of drug-likeness (QED) is 0.884. The van der Waals surface area contributed by atoms with Crippen LogP contribution in [0.3, 0.4) is 0 Å². The van der Waals surface area contributed by atoms with Gasteiger partial charge in [-0.05, 0) is 42.8 Å². The van der Waals surface area contributed by atoms with Gasteiger partial charge in [0, 0.05) is 34.4 Å². The zero-order chi connectivity index (χ0) is 17.3. The zero-order valence-electron chi connectivity index (χ0n) is 13.1. The van der Waals surface area contributed by atoms with Crippen LogP contribution >= 0.6 is 23.2 Å². The van der Waals surface area contributed by atoms with Crippen molar-refractivity contribution >= 4 is 46.4 Å². The molecule has 24 heavy (non-hydrogen) atoms. The van der Waals surface area contributed by atoms with Crippen molar-refractivity contribution in [3.63, 3.8) is 0 Å². The summed E-state index contributed by atoms with van der Waals surface area (Å²) >= 11 is 12.1. The average Bonchev–Trinajstić information content (AvgIpc) is 2.92. The number of benzene rings is 2. The van der Waals surface area contributed by atoms with Gasteiger partial charge in [-0.25, -0.2) is 0 Å². The Morgan fingerprint density at radius 2 is 1.96 bits per heavy atom. The van der Waals surface area contributed by atoms with E-state index in [1.165, 1.54) is 0 Å². The number of carbonyl (C=O) groups is 2. The number of nitrogens with one attached hydrogen (secondary N) is 1. The van der Waals surface area contributed by atoms with E-state index >= 15 is 0 Å². The lowest BCUT2D eigenvalue weighted by Gasteiger charge is -2.19. The fraction of sp³-hybridized carbons (Fsp3) is 0.222. The third-order valence-corrected chi connectivity index (χ3v) is 4.76. The van der Waals surface area contributed by atoms with Crippen molar-refractivity contribution in [1.29, 1.82) is 0 Å². The topological polar surface area (TPSA) is 49.4 Å². The molecule has 1 saturated heterocycles. The first-order valence-corrected chi connectivity index (χ1v) is 8.33. The summed E-state index contributed by atoms with van der Waals surface area (Å²) in [6, 6.07) is 12.4. The number of amides is 2. The molecule has 2 amide bonds. The van der Waals surface area contributed by atoms with Crippen LogP contribution in [-0.2, 0) is 9.59 Å². The number of carbonyl (C=O) groups excluding carboxylic acids is 2. The summed E-state index contributed by atoms with van der Waals surface area (Å²) < 4.78 is 0. The van der Waals surface area contributed by atoms with Gasteiger partial charge in [0.2, 0.25) is 11.8 Å². The summed E-state index contributed by atoms with van der Waals surface area (Å²) in [5.74, 6) is -0.672. The lowest BCUT2D eigenvalue weighted by molar-refractivity contribution is -0.122. The molecular formula is C18H16Cl2N2O2. The maximum absolute atomic E-state index is 12.4. The molecule has 0 aromatic heterocycles. The van der Waals surface area contributed by atoms with E-state index in [2.05, 4.69) is 5.32 Å². The lowest BCUT2D eigenvalue weighted by atomic mass is 10.1. The normalized spacial score (nSPS) is 17.2. The minimum Gasteiger partial charge on any atom is -0.326 e. The molecular weight excluding hydrogens is 347 g/mol. The Labute approximate surface area is 150 Å². The highest BCUT2D eigenvalue weighted by atomic mass is 35.5. The first kappa shape index (κ1) is 16.8. The summed E-state index contributed by atoms with van der Waals surface area (Å²) in [6.45, 7) is 2.21. The van der Waals surface area contributed by atoms with Crippen molar-refractivity contribution in [3.8, 4) is 0 Å². The fourth-order valence-electron chi connectivity index (χ4n) is 2.82. The smallest absolute Gasteiger partial charge is 0.229 e. The van der Waals surface area contributed by atoms with E-state index in [9.17, 15) is 9.59 Å². The van der Waals surface area contributed by atoms with Crippen LogP contribution in [0, 0.1) is 12.8 Å². The van der Waals surface area contributed by atoms with Gasteiger partial charge in [0.25, 0.3) is 0 Å². The van der Waals surface area contributed by atoms with Gasteiger partial charge in [-0.1, -0.05) is 35.3 Å². The van der Waals surface area contributed by atoms with Gasteiger partial charge >= 0.3 is 0 Å². The molecule has 1 atom stereocenters. The Balaban J connectivity index is 1.74. The Hall–Kier alpha value is -2.04. The minimum atomic E-state index is -0.408. The Kier molecular flexibility index (Phi) is 4.78. The monoisotopic (exact) mass is 362 g/mol. The van der Waals surface area contributed by atoms with Gasteiger partial charge in [0.15, 0.2) is 0 Å². The fourth-order valence-corrected chi connectivity index (χ4v) is 3.17. The van der Waals surface area contributed by atoms with Crippen molar-refractivity contribution < 1.29 is 9.59 Å². The van der Waals surface area contributed by atoms with Gasteiger partial charge in [-0.3, -0.25) is 9.59 Å². The van der Waals surface area contributed by atoms with Crippen LogP contribution < -0.4 is 10.2 Å². The molecule has 1 N–H and O–H groups in total. The number of hydrogen-bond acceptors (Lipinski definition) is 2. The largest absolute Gasteiger partial charge is 0.326 e. The van der Waals surface area contributed by atoms with Crippen molar-refractivity contribution in [2.24, 2.45) is 5.92 Å². The molecule has 3 rings (SSSR count). The predicted molar refractivity (Wildman–Crippen MR) is 96.7 cm³/mol. The van der Waals surface area contributed by atoms with Crippen molar-refractivity contribution in [3.05, 3.63) is 58.1 Å². The molecule has 0 aliphatic carbocycles. The van der Waals surface area contributed by atoms with Crippen LogP contribution in [0.15, 0.2) is 42.5 Å². The van der Waals surface area contributed by atoms with Gasteiger partial charge < -0.3 is 10.2 Å². The molecule has 1 aliphatic heterocycles. The van der Waals surface area contributed by atoms with E-state index in [0.29, 0.717) is 22.3 Å². The molecule has 1 aliphatic rings. The third-order valence-electron chi connectivity index (χ3n) is 4.12. The highest BCUT2D eigenvalue weighted by Crippen LogP contribution is 2.31. The molecule has 6 heteroatoms. The number of nitrogens with zero attached hydrogens (tertiary/aromatic N) is 1. The van der Waals surface area contributed by atoms with E-state index < -0.39 is 5.92 Å².